The lowest BCUT2D eigenvalue weighted by molar-refractivity contribution is -0.116. The van der Waals surface area contributed by atoms with Crippen molar-refractivity contribution in [2.75, 3.05) is 30.5 Å². The van der Waals surface area contributed by atoms with Gasteiger partial charge in [-0.3, -0.25) is 4.79 Å². The summed E-state index contributed by atoms with van der Waals surface area (Å²) >= 11 is 0. The fraction of sp³-hybridized carbons (Fsp3) is 0.533. The van der Waals surface area contributed by atoms with Crippen LogP contribution in [0.25, 0.3) is 0 Å². The molecule has 0 unspecified atom stereocenters. The fourth-order valence-corrected chi connectivity index (χ4v) is 3.46. The number of ether oxygens (including phenoxy) is 2. The van der Waals surface area contributed by atoms with Crippen LogP contribution < -0.4 is 19.1 Å². The number of anilines is 1. The fourth-order valence-electron chi connectivity index (χ4n) is 2.24. The second-order valence-corrected chi connectivity index (χ2v) is 7.20. The Morgan fingerprint density at radius 2 is 2.04 bits per heavy atom. The van der Waals surface area contributed by atoms with E-state index in [1.807, 2.05) is 6.92 Å². The molecule has 23 heavy (non-hydrogen) atoms. The molecular weight excluding hydrogens is 320 g/mol. The topological polar surface area (TPSA) is 84.9 Å². The first-order valence-electron chi connectivity index (χ1n) is 7.58. The van der Waals surface area contributed by atoms with Crippen molar-refractivity contribution >= 4 is 21.6 Å². The van der Waals surface area contributed by atoms with Crippen LogP contribution in [0.1, 0.15) is 26.7 Å². The van der Waals surface area contributed by atoms with Gasteiger partial charge in [0.15, 0.2) is 11.5 Å². The highest BCUT2D eigenvalue weighted by Crippen LogP contribution is 2.35. The molecule has 1 N–H and O–H groups in total. The molecule has 0 fully saturated rings. The van der Waals surface area contributed by atoms with Gasteiger partial charge in [0.25, 0.3) is 0 Å². The lowest BCUT2D eigenvalue weighted by atomic mass is 10.2. The number of hydrogen-bond donors (Lipinski definition) is 1. The Balaban J connectivity index is 1.98. The zero-order chi connectivity index (χ0) is 16.9. The molecule has 0 radical (unpaired) electrons. The molecule has 1 aromatic rings. The molecule has 1 aliphatic rings. The largest absolute Gasteiger partial charge is 0.454 e. The molecular formula is C15H22N2O5S. The normalized spacial score (nSPS) is 13.1. The summed E-state index contributed by atoms with van der Waals surface area (Å²) in [5, 5.41) is 0. The van der Waals surface area contributed by atoms with E-state index < -0.39 is 10.0 Å². The number of rotatable bonds is 8. The van der Waals surface area contributed by atoms with Crippen LogP contribution in [0.3, 0.4) is 0 Å². The van der Waals surface area contributed by atoms with Crippen LogP contribution in [0.15, 0.2) is 18.2 Å². The molecule has 128 valence electrons. The Bertz CT molecular complexity index is 660. The monoisotopic (exact) mass is 342 g/mol. The zero-order valence-corrected chi connectivity index (χ0v) is 14.2. The highest BCUT2D eigenvalue weighted by molar-refractivity contribution is 7.89. The number of carbonyl (C=O) groups excluding carboxylic acids is 1. The molecule has 0 saturated carbocycles. The standard InChI is InChI=1S/C15H22N2O5S/c1-3-4-9-23(19,20)16-7-8-17(12(2)18)13-5-6-14-15(10-13)22-11-21-14/h5-6,10,16H,3-4,7-9,11H2,1-2H3. The highest BCUT2D eigenvalue weighted by Gasteiger charge is 2.18. The summed E-state index contributed by atoms with van der Waals surface area (Å²) in [7, 11) is -3.29. The summed E-state index contributed by atoms with van der Waals surface area (Å²) in [5.41, 5.74) is 0.648. The molecule has 7 nitrogen and oxygen atoms in total. The number of benzene rings is 1. The maximum atomic E-state index is 11.8. The summed E-state index contributed by atoms with van der Waals surface area (Å²) in [4.78, 5) is 13.4. The summed E-state index contributed by atoms with van der Waals surface area (Å²) in [6.07, 6.45) is 1.44. The first-order valence-corrected chi connectivity index (χ1v) is 9.23. The second-order valence-electron chi connectivity index (χ2n) is 5.27. The predicted octanol–water partition coefficient (Wildman–Crippen LogP) is 1.49. The number of sulfonamides is 1. The van der Waals surface area contributed by atoms with Crippen LogP contribution >= 0.6 is 0 Å². The number of amides is 1. The van der Waals surface area contributed by atoms with E-state index in [1.54, 1.807) is 18.2 Å². The average molecular weight is 342 g/mol. The van der Waals surface area contributed by atoms with E-state index in [-0.39, 0.29) is 31.5 Å². The third-order valence-corrected chi connectivity index (χ3v) is 4.94. The number of unbranched alkanes of at least 4 members (excludes halogenated alkanes) is 1. The molecule has 8 heteroatoms. The Morgan fingerprint density at radius 1 is 1.30 bits per heavy atom. The van der Waals surface area contributed by atoms with E-state index in [0.29, 0.717) is 23.6 Å². The maximum absolute atomic E-state index is 11.8. The van der Waals surface area contributed by atoms with Gasteiger partial charge < -0.3 is 14.4 Å². The van der Waals surface area contributed by atoms with Gasteiger partial charge in [-0.25, -0.2) is 13.1 Å². The molecule has 1 aliphatic heterocycles. The highest BCUT2D eigenvalue weighted by atomic mass is 32.2. The van der Waals surface area contributed by atoms with Crippen molar-refractivity contribution in [1.29, 1.82) is 0 Å². The molecule has 0 atom stereocenters. The van der Waals surface area contributed by atoms with Crippen LogP contribution in [0.2, 0.25) is 0 Å². The van der Waals surface area contributed by atoms with Crippen LogP contribution in [0, 0.1) is 0 Å². The summed E-state index contributed by atoms with van der Waals surface area (Å²) < 4.78 is 36.6. The third-order valence-electron chi connectivity index (χ3n) is 3.47. The van der Waals surface area contributed by atoms with Crippen molar-refractivity contribution in [1.82, 2.24) is 4.72 Å². The first-order chi connectivity index (χ1) is 10.9. The molecule has 0 saturated heterocycles. The molecule has 0 aromatic heterocycles. The molecule has 1 amide bonds. The van der Waals surface area contributed by atoms with Crippen LogP contribution in [0.4, 0.5) is 5.69 Å². The molecule has 1 aromatic carbocycles. The van der Waals surface area contributed by atoms with Crippen molar-refractivity contribution in [3.05, 3.63) is 18.2 Å². The zero-order valence-electron chi connectivity index (χ0n) is 13.4. The molecule has 0 bridgehead atoms. The van der Waals surface area contributed by atoms with Gasteiger partial charge >= 0.3 is 0 Å². The molecule has 1 heterocycles. The van der Waals surface area contributed by atoms with E-state index in [1.165, 1.54) is 11.8 Å². The summed E-state index contributed by atoms with van der Waals surface area (Å²) in [6.45, 7) is 3.96. The van der Waals surface area contributed by atoms with E-state index in [0.717, 1.165) is 6.42 Å². The molecule has 2 rings (SSSR count). The van der Waals surface area contributed by atoms with Crippen molar-refractivity contribution in [3.63, 3.8) is 0 Å². The number of nitrogens with zero attached hydrogens (tertiary/aromatic N) is 1. The lowest BCUT2D eigenvalue weighted by Crippen LogP contribution is -2.38. The van der Waals surface area contributed by atoms with E-state index in [2.05, 4.69) is 4.72 Å². The van der Waals surface area contributed by atoms with Gasteiger partial charge in [0, 0.05) is 31.8 Å². The SMILES string of the molecule is CCCCS(=O)(=O)NCCN(C(C)=O)c1ccc2c(c1)OCO2. The number of fused-ring (bicyclic) bond motifs is 1. The lowest BCUT2D eigenvalue weighted by Gasteiger charge is -2.21. The predicted molar refractivity (Wildman–Crippen MR) is 87.3 cm³/mol. The third kappa shape index (κ3) is 4.84. The van der Waals surface area contributed by atoms with Crippen LogP contribution in [-0.2, 0) is 14.8 Å². The van der Waals surface area contributed by atoms with Crippen molar-refractivity contribution < 1.29 is 22.7 Å². The van der Waals surface area contributed by atoms with E-state index in [4.69, 9.17) is 9.47 Å². The average Bonchev–Trinajstić information content (AvgIpc) is 2.96. The van der Waals surface area contributed by atoms with Crippen molar-refractivity contribution in [3.8, 4) is 11.5 Å². The summed E-state index contributed by atoms with van der Waals surface area (Å²) in [5.74, 6) is 1.15. The van der Waals surface area contributed by atoms with Gasteiger partial charge in [-0.1, -0.05) is 13.3 Å². The van der Waals surface area contributed by atoms with Crippen LogP contribution in [-0.4, -0.2) is 40.0 Å². The Hall–Kier alpha value is -1.80. The smallest absolute Gasteiger partial charge is 0.231 e. The summed E-state index contributed by atoms with van der Waals surface area (Å²) in [6, 6.07) is 5.20. The maximum Gasteiger partial charge on any atom is 0.231 e. The Kier molecular flexibility index (Phi) is 5.84. The first kappa shape index (κ1) is 17.6. The Labute approximate surface area is 136 Å². The van der Waals surface area contributed by atoms with Gasteiger partial charge in [-0.15, -0.1) is 0 Å². The van der Waals surface area contributed by atoms with Crippen molar-refractivity contribution in [2.24, 2.45) is 0 Å². The van der Waals surface area contributed by atoms with Gasteiger partial charge in [-0.2, -0.15) is 0 Å². The quantitative estimate of drug-likeness (QED) is 0.774. The van der Waals surface area contributed by atoms with Gasteiger partial charge in [0.2, 0.25) is 22.7 Å². The molecule has 0 aliphatic carbocycles. The Morgan fingerprint density at radius 3 is 2.74 bits per heavy atom. The van der Waals surface area contributed by atoms with Crippen molar-refractivity contribution in [2.45, 2.75) is 26.7 Å². The van der Waals surface area contributed by atoms with Crippen LogP contribution in [0.5, 0.6) is 11.5 Å². The minimum atomic E-state index is -3.29. The van der Waals surface area contributed by atoms with Gasteiger partial charge in [0.05, 0.1) is 5.75 Å². The van der Waals surface area contributed by atoms with Gasteiger partial charge in [0.1, 0.15) is 0 Å². The number of carbonyl (C=O) groups is 1. The van der Waals surface area contributed by atoms with E-state index in [9.17, 15) is 13.2 Å². The second kappa shape index (κ2) is 7.65. The van der Waals surface area contributed by atoms with E-state index >= 15 is 0 Å². The van der Waals surface area contributed by atoms with Gasteiger partial charge in [-0.05, 0) is 18.6 Å². The minimum Gasteiger partial charge on any atom is -0.454 e. The minimum absolute atomic E-state index is 0.105. The number of hydrogen-bond acceptors (Lipinski definition) is 5. The molecule has 0 spiro atoms. The number of nitrogens with one attached hydrogen (secondary N) is 1.